The van der Waals surface area contributed by atoms with Crippen molar-refractivity contribution < 1.29 is 4.79 Å². The van der Waals surface area contributed by atoms with E-state index in [4.69, 9.17) is 0 Å². The van der Waals surface area contributed by atoms with Crippen molar-refractivity contribution in [3.05, 3.63) is 65.7 Å². The van der Waals surface area contributed by atoms with Gasteiger partial charge >= 0.3 is 0 Å². The molecular weight excluding hydrogens is 334 g/mol. The molecule has 1 atom stereocenters. The smallest absolute Gasteiger partial charge is 0.230 e. The number of tetrazole rings is 1. The van der Waals surface area contributed by atoms with E-state index in [1.807, 2.05) is 68.4 Å². The Morgan fingerprint density at radius 2 is 1.88 bits per heavy atom. The van der Waals surface area contributed by atoms with Crippen LogP contribution < -0.4 is 5.32 Å². The van der Waals surface area contributed by atoms with Gasteiger partial charge in [-0.15, -0.1) is 5.10 Å². The third kappa shape index (κ3) is 4.24. The molecule has 7 heteroatoms. The standard InChI is InChI=1S/C18H19N5OS/c1-13-8-6-7-11-16(13)23-18(20-21-22-23)25-12-17(24)19-14(2)15-9-4-3-5-10-15/h3-11,14H,12H2,1-2H3,(H,19,24)/t14-/m1/s1. The number of benzene rings is 2. The summed E-state index contributed by atoms with van der Waals surface area (Å²) in [4.78, 5) is 12.2. The highest BCUT2D eigenvalue weighted by Gasteiger charge is 2.14. The molecule has 6 nitrogen and oxygen atoms in total. The van der Waals surface area contributed by atoms with E-state index < -0.39 is 0 Å². The van der Waals surface area contributed by atoms with Gasteiger partial charge < -0.3 is 5.32 Å². The molecule has 2 aromatic carbocycles. The number of hydrogen-bond acceptors (Lipinski definition) is 5. The molecule has 1 N–H and O–H groups in total. The molecule has 1 aromatic heterocycles. The molecule has 1 heterocycles. The zero-order chi connectivity index (χ0) is 17.6. The van der Waals surface area contributed by atoms with E-state index in [2.05, 4.69) is 20.8 Å². The lowest BCUT2D eigenvalue weighted by molar-refractivity contribution is -0.119. The monoisotopic (exact) mass is 353 g/mol. The Balaban J connectivity index is 1.62. The van der Waals surface area contributed by atoms with Gasteiger partial charge in [-0.3, -0.25) is 4.79 Å². The van der Waals surface area contributed by atoms with Gasteiger partial charge in [0.1, 0.15) is 0 Å². The molecule has 0 saturated carbocycles. The molecule has 3 aromatic rings. The van der Waals surface area contributed by atoms with E-state index >= 15 is 0 Å². The Morgan fingerprint density at radius 3 is 2.64 bits per heavy atom. The first-order valence-electron chi connectivity index (χ1n) is 7.96. The highest BCUT2D eigenvalue weighted by Crippen LogP contribution is 2.20. The number of carbonyl (C=O) groups is 1. The van der Waals surface area contributed by atoms with Crippen LogP contribution >= 0.6 is 11.8 Å². The molecule has 1 amide bonds. The van der Waals surface area contributed by atoms with Gasteiger partial charge in [-0.05, 0) is 41.5 Å². The SMILES string of the molecule is Cc1ccccc1-n1nnnc1SCC(=O)N[C@H](C)c1ccccc1. The maximum Gasteiger partial charge on any atom is 0.230 e. The average Bonchev–Trinajstić information content (AvgIpc) is 3.09. The van der Waals surface area contributed by atoms with E-state index in [0.717, 1.165) is 16.8 Å². The van der Waals surface area contributed by atoms with Crippen LogP contribution in [0.4, 0.5) is 0 Å². The minimum Gasteiger partial charge on any atom is -0.349 e. The van der Waals surface area contributed by atoms with Gasteiger partial charge in [0.2, 0.25) is 11.1 Å². The lowest BCUT2D eigenvalue weighted by atomic mass is 10.1. The van der Waals surface area contributed by atoms with Crippen LogP contribution in [-0.4, -0.2) is 31.9 Å². The fourth-order valence-corrected chi connectivity index (χ4v) is 3.15. The van der Waals surface area contributed by atoms with Crippen LogP contribution in [0.5, 0.6) is 0 Å². The van der Waals surface area contributed by atoms with E-state index in [-0.39, 0.29) is 17.7 Å². The first-order chi connectivity index (χ1) is 12.1. The summed E-state index contributed by atoms with van der Waals surface area (Å²) in [6, 6.07) is 17.7. The predicted molar refractivity (Wildman–Crippen MR) is 97.6 cm³/mol. The largest absolute Gasteiger partial charge is 0.349 e. The van der Waals surface area contributed by atoms with Crippen LogP contribution in [-0.2, 0) is 4.79 Å². The van der Waals surface area contributed by atoms with Gasteiger partial charge in [0, 0.05) is 0 Å². The van der Waals surface area contributed by atoms with Crippen LogP contribution in [0.15, 0.2) is 59.8 Å². The number of rotatable bonds is 6. The molecule has 0 radical (unpaired) electrons. The van der Waals surface area contributed by atoms with Crippen LogP contribution in [0.25, 0.3) is 5.69 Å². The van der Waals surface area contributed by atoms with Crippen molar-refractivity contribution in [1.29, 1.82) is 0 Å². The van der Waals surface area contributed by atoms with Crippen LogP contribution in [0.3, 0.4) is 0 Å². The lowest BCUT2D eigenvalue weighted by Crippen LogP contribution is -2.28. The molecule has 0 aliphatic carbocycles. The minimum absolute atomic E-state index is 0.0401. The number of para-hydroxylation sites is 1. The summed E-state index contributed by atoms with van der Waals surface area (Å²) < 4.78 is 1.66. The number of amides is 1. The molecular formula is C18H19N5OS. The van der Waals surface area contributed by atoms with Gasteiger partial charge in [-0.1, -0.05) is 60.3 Å². The Labute approximate surface area is 150 Å². The van der Waals surface area contributed by atoms with E-state index in [0.29, 0.717) is 5.16 Å². The lowest BCUT2D eigenvalue weighted by Gasteiger charge is -2.14. The summed E-state index contributed by atoms with van der Waals surface area (Å²) in [5.41, 5.74) is 3.05. The second kappa shape index (κ2) is 7.94. The number of aromatic nitrogens is 4. The molecule has 0 spiro atoms. The normalized spacial score (nSPS) is 11.9. The second-order valence-corrected chi connectivity index (χ2v) is 6.59. The summed E-state index contributed by atoms with van der Waals surface area (Å²) in [6.07, 6.45) is 0. The summed E-state index contributed by atoms with van der Waals surface area (Å²) in [5, 5.41) is 15.4. The summed E-state index contributed by atoms with van der Waals surface area (Å²) in [6.45, 7) is 3.97. The van der Waals surface area contributed by atoms with E-state index in [1.165, 1.54) is 11.8 Å². The third-order valence-corrected chi connectivity index (χ3v) is 4.71. The van der Waals surface area contributed by atoms with E-state index in [1.54, 1.807) is 4.68 Å². The van der Waals surface area contributed by atoms with Gasteiger partial charge in [-0.2, -0.15) is 4.68 Å². The first kappa shape index (κ1) is 17.2. The van der Waals surface area contributed by atoms with Crippen molar-refractivity contribution >= 4 is 17.7 Å². The maximum absolute atomic E-state index is 12.2. The number of nitrogens with zero attached hydrogens (tertiary/aromatic N) is 4. The second-order valence-electron chi connectivity index (χ2n) is 5.65. The van der Waals surface area contributed by atoms with Crippen molar-refractivity contribution in [2.75, 3.05) is 5.75 Å². The maximum atomic E-state index is 12.2. The van der Waals surface area contributed by atoms with Gasteiger partial charge in [0.05, 0.1) is 17.5 Å². The fraction of sp³-hybridized carbons (Fsp3) is 0.222. The zero-order valence-corrected chi connectivity index (χ0v) is 14.9. The Kier molecular flexibility index (Phi) is 5.45. The molecule has 3 rings (SSSR count). The minimum atomic E-state index is -0.0549. The van der Waals surface area contributed by atoms with Crippen molar-refractivity contribution in [1.82, 2.24) is 25.5 Å². The highest BCUT2D eigenvalue weighted by molar-refractivity contribution is 7.99. The van der Waals surface area contributed by atoms with E-state index in [9.17, 15) is 4.79 Å². The van der Waals surface area contributed by atoms with Gasteiger partial charge in [0.15, 0.2) is 0 Å². The molecule has 0 unspecified atom stereocenters. The molecule has 0 saturated heterocycles. The van der Waals surface area contributed by atoms with Gasteiger partial charge in [0.25, 0.3) is 0 Å². The van der Waals surface area contributed by atoms with Crippen LogP contribution in [0.1, 0.15) is 24.1 Å². The van der Waals surface area contributed by atoms with Gasteiger partial charge in [-0.25, -0.2) is 0 Å². The molecule has 0 bridgehead atoms. The zero-order valence-electron chi connectivity index (χ0n) is 14.1. The Morgan fingerprint density at radius 1 is 1.16 bits per heavy atom. The summed E-state index contributed by atoms with van der Waals surface area (Å²) >= 11 is 1.32. The molecule has 128 valence electrons. The third-order valence-electron chi connectivity index (χ3n) is 3.79. The number of aryl methyl sites for hydroxylation is 1. The van der Waals surface area contributed by atoms with Crippen LogP contribution in [0, 0.1) is 6.92 Å². The Hall–Kier alpha value is -2.67. The van der Waals surface area contributed by atoms with Crippen molar-refractivity contribution in [3.8, 4) is 5.69 Å². The van der Waals surface area contributed by atoms with Crippen molar-refractivity contribution in [2.24, 2.45) is 0 Å². The molecule has 0 aliphatic rings. The van der Waals surface area contributed by atoms with Crippen molar-refractivity contribution in [3.63, 3.8) is 0 Å². The number of carbonyl (C=O) groups excluding carboxylic acids is 1. The highest BCUT2D eigenvalue weighted by atomic mass is 32.2. The van der Waals surface area contributed by atoms with Crippen LogP contribution in [0.2, 0.25) is 0 Å². The fourth-order valence-electron chi connectivity index (χ4n) is 2.46. The topological polar surface area (TPSA) is 72.7 Å². The Bertz CT molecular complexity index is 849. The quantitative estimate of drug-likeness (QED) is 0.690. The summed E-state index contributed by atoms with van der Waals surface area (Å²) in [5.74, 6) is 0.198. The summed E-state index contributed by atoms with van der Waals surface area (Å²) in [7, 11) is 0. The predicted octanol–water partition coefficient (Wildman–Crippen LogP) is 2.94. The number of hydrogen-bond donors (Lipinski definition) is 1. The molecule has 0 fully saturated rings. The molecule has 0 aliphatic heterocycles. The molecule has 25 heavy (non-hydrogen) atoms. The van der Waals surface area contributed by atoms with Crippen molar-refractivity contribution in [2.45, 2.75) is 25.0 Å². The number of nitrogens with one attached hydrogen (secondary N) is 1. The first-order valence-corrected chi connectivity index (χ1v) is 8.95. The number of thioether (sulfide) groups is 1. The average molecular weight is 353 g/mol.